The normalized spacial score (nSPS) is 12.9. The quantitative estimate of drug-likeness (QED) is 0.859. The molecule has 0 saturated heterocycles. The number of para-hydroxylation sites is 1. The predicted octanol–water partition coefficient (Wildman–Crippen LogP) is 3.26. The molecule has 0 aliphatic rings. The maximum atomic E-state index is 6.13. The van der Waals surface area contributed by atoms with Crippen molar-refractivity contribution < 1.29 is 4.74 Å². The van der Waals surface area contributed by atoms with E-state index >= 15 is 0 Å². The third kappa shape index (κ3) is 4.03. The fourth-order valence-corrected chi connectivity index (χ4v) is 1.72. The van der Waals surface area contributed by atoms with Gasteiger partial charge in [0.05, 0.1) is 11.6 Å². The van der Waals surface area contributed by atoms with E-state index in [-0.39, 0.29) is 6.04 Å². The molecule has 1 rings (SSSR count). The molecule has 16 heavy (non-hydrogen) atoms. The van der Waals surface area contributed by atoms with E-state index in [9.17, 15) is 0 Å². The molecular formula is C13H20ClNO. The topological polar surface area (TPSA) is 35.2 Å². The van der Waals surface area contributed by atoms with Gasteiger partial charge in [0.15, 0.2) is 0 Å². The van der Waals surface area contributed by atoms with Crippen molar-refractivity contribution in [3.05, 3.63) is 28.8 Å². The first-order valence-electron chi connectivity index (χ1n) is 5.66. The Balaban J connectivity index is 2.85. The number of halogens is 1. The molecule has 0 amide bonds. The number of benzene rings is 1. The van der Waals surface area contributed by atoms with Gasteiger partial charge < -0.3 is 10.5 Å². The summed E-state index contributed by atoms with van der Waals surface area (Å²) in [5.41, 5.74) is 6.89. The minimum Gasteiger partial charge on any atom is -0.491 e. The van der Waals surface area contributed by atoms with E-state index in [1.54, 1.807) is 0 Å². The molecule has 1 atom stereocenters. The van der Waals surface area contributed by atoms with E-state index in [0.29, 0.717) is 17.5 Å². The van der Waals surface area contributed by atoms with Crippen LogP contribution < -0.4 is 10.5 Å². The number of hydrogen-bond acceptors (Lipinski definition) is 2. The first-order valence-corrected chi connectivity index (χ1v) is 6.04. The van der Waals surface area contributed by atoms with Gasteiger partial charge in [0.1, 0.15) is 5.75 Å². The second-order valence-electron chi connectivity index (χ2n) is 4.61. The molecule has 0 bridgehead atoms. The third-order valence-electron chi connectivity index (χ3n) is 2.15. The second kappa shape index (κ2) is 6.12. The molecule has 1 unspecified atom stereocenters. The molecule has 2 N–H and O–H groups in total. The molecule has 1 aromatic rings. The zero-order valence-corrected chi connectivity index (χ0v) is 10.9. The van der Waals surface area contributed by atoms with E-state index in [1.165, 1.54) is 0 Å². The highest BCUT2D eigenvalue weighted by molar-refractivity contribution is 6.32. The molecule has 1 aromatic carbocycles. The summed E-state index contributed by atoms with van der Waals surface area (Å²) < 4.78 is 5.74. The Labute approximate surface area is 103 Å². The van der Waals surface area contributed by atoms with Crippen molar-refractivity contribution in [2.45, 2.75) is 33.2 Å². The van der Waals surface area contributed by atoms with Gasteiger partial charge in [-0.3, -0.25) is 0 Å². The minimum absolute atomic E-state index is 0.111. The van der Waals surface area contributed by atoms with Crippen molar-refractivity contribution in [3.63, 3.8) is 0 Å². The number of hydrogen-bond donors (Lipinski definition) is 1. The van der Waals surface area contributed by atoms with E-state index in [0.717, 1.165) is 17.7 Å². The van der Waals surface area contributed by atoms with Gasteiger partial charge in [0.25, 0.3) is 0 Å². The van der Waals surface area contributed by atoms with Gasteiger partial charge in [-0.25, -0.2) is 0 Å². The van der Waals surface area contributed by atoms with Crippen LogP contribution in [0.1, 0.15) is 26.3 Å². The molecule has 0 fully saturated rings. The minimum atomic E-state index is 0.111. The van der Waals surface area contributed by atoms with E-state index < -0.39 is 0 Å². The maximum Gasteiger partial charge on any atom is 0.141 e. The lowest BCUT2D eigenvalue weighted by Crippen LogP contribution is -2.18. The molecule has 2 nitrogen and oxygen atoms in total. The molecule has 3 heteroatoms. The molecule has 0 aliphatic carbocycles. The molecule has 0 aliphatic heterocycles. The first kappa shape index (κ1) is 13.3. The Hall–Kier alpha value is -0.730. The Kier molecular flexibility index (Phi) is 5.10. The summed E-state index contributed by atoms with van der Waals surface area (Å²) in [6.07, 6.45) is 0.786. The van der Waals surface area contributed by atoms with Gasteiger partial charge in [-0.15, -0.1) is 0 Å². The number of nitrogens with two attached hydrogens (primary N) is 1. The van der Waals surface area contributed by atoms with Crippen LogP contribution in [0.2, 0.25) is 5.02 Å². The van der Waals surface area contributed by atoms with Gasteiger partial charge >= 0.3 is 0 Å². The van der Waals surface area contributed by atoms with Crippen LogP contribution >= 0.6 is 11.6 Å². The van der Waals surface area contributed by atoms with Crippen molar-refractivity contribution in [2.75, 3.05) is 6.61 Å². The lowest BCUT2D eigenvalue weighted by atomic mass is 10.1. The average molecular weight is 242 g/mol. The molecular weight excluding hydrogens is 222 g/mol. The second-order valence-corrected chi connectivity index (χ2v) is 5.02. The fraction of sp³-hybridized carbons (Fsp3) is 0.538. The Morgan fingerprint density at radius 3 is 2.56 bits per heavy atom. The molecule has 0 radical (unpaired) electrons. The summed E-state index contributed by atoms with van der Waals surface area (Å²) in [6.45, 7) is 6.88. The Bertz CT molecular complexity index is 337. The number of rotatable bonds is 5. The van der Waals surface area contributed by atoms with Gasteiger partial charge in [-0.05, 0) is 30.9 Å². The third-order valence-corrected chi connectivity index (χ3v) is 2.45. The van der Waals surface area contributed by atoms with Crippen molar-refractivity contribution in [3.8, 4) is 5.75 Å². The summed E-state index contributed by atoms with van der Waals surface area (Å²) >= 11 is 6.13. The molecule has 90 valence electrons. The largest absolute Gasteiger partial charge is 0.491 e. The SMILES string of the molecule is CC(C)COc1c(Cl)cccc1CC(C)N. The molecule has 0 aromatic heterocycles. The van der Waals surface area contributed by atoms with Crippen LogP contribution in [0, 0.1) is 5.92 Å². The van der Waals surface area contributed by atoms with Crippen LogP contribution in [0.15, 0.2) is 18.2 Å². The number of ether oxygens (including phenoxy) is 1. The van der Waals surface area contributed by atoms with Gasteiger partial charge in [-0.2, -0.15) is 0 Å². The van der Waals surface area contributed by atoms with E-state index in [1.807, 2.05) is 25.1 Å². The van der Waals surface area contributed by atoms with Gasteiger partial charge in [0.2, 0.25) is 0 Å². The monoisotopic (exact) mass is 241 g/mol. The highest BCUT2D eigenvalue weighted by Gasteiger charge is 2.10. The van der Waals surface area contributed by atoms with Crippen LogP contribution in [0.3, 0.4) is 0 Å². The van der Waals surface area contributed by atoms with Crippen LogP contribution in [0.5, 0.6) is 5.75 Å². The van der Waals surface area contributed by atoms with Gasteiger partial charge in [0, 0.05) is 6.04 Å². The summed E-state index contributed by atoms with van der Waals surface area (Å²) in [5, 5.41) is 0.666. The standard InChI is InChI=1S/C13H20ClNO/c1-9(2)8-16-13-11(7-10(3)15)5-4-6-12(13)14/h4-6,9-10H,7-8,15H2,1-3H3. The smallest absolute Gasteiger partial charge is 0.141 e. The lowest BCUT2D eigenvalue weighted by molar-refractivity contribution is 0.268. The van der Waals surface area contributed by atoms with Crippen molar-refractivity contribution >= 4 is 11.6 Å². The summed E-state index contributed by atoms with van der Waals surface area (Å²) in [6, 6.07) is 5.91. The Morgan fingerprint density at radius 1 is 1.31 bits per heavy atom. The summed E-state index contributed by atoms with van der Waals surface area (Å²) in [4.78, 5) is 0. The predicted molar refractivity (Wildman–Crippen MR) is 69.1 cm³/mol. The fourth-order valence-electron chi connectivity index (χ4n) is 1.47. The van der Waals surface area contributed by atoms with E-state index in [4.69, 9.17) is 22.1 Å². The molecule has 0 saturated carbocycles. The summed E-state index contributed by atoms with van der Waals surface area (Å²) in [5.74, 6) is 1.27. The Morgan fingerprint density at radius 2 is 2.00 bits per heavy atom. The highest BCUT2D eigenvalue weighted by Crippen LogP contribution is 2.29. The molecule has 0 heterocycles. The first-order chi connectivity index (χ1) is 7.50. The zero-order valence-electron chi connectivity index (χ0n) is 10.2. The van der Waals surface area contributed by atoms with Crippen molar-refractivity contribution in [1.29, 1.82) is 0 Å². The van der Waals surface area contributed by atoms with Crippen LogP contribution in [0.4, 0.5) is 0 Å². The average Bonchev–Trinajstić information content (AvgIpc) is 2.15. The van der Waals surface area contributed by atoms with E-state index in [2.05, 4.69) is 13.8 Å². The zero-order chi connectivity index (χ0) is 12.1. The summed E-state index contributed by atoms with van der Waals surface area (Å²) in [7, 11) is 0. The van der Waals surface area contributed by atoms with Gasteiger partial charge in [-0.1, -0.05) is 37.6 Å². The van der Waals surface area contributed by atoms with Crippen molar-refractivity contribution in [2.24, 2.45) is 11.7 Å². The van der Waals surface area contributed by atoms with Crippen LogP contribution in [0.25, 0.3) is 0 Å². The molecule has 0 spiro atoms. The van der Waals surface area contributed by atoms with Crippen LogP contribution in [-0.2, 0) is 6.42 Å². The maximum absolute atomic E-state index is 6.13. The lowest BCUT2D eigenvalue weighted by Gasteiger charge is -2.15. The van der Waals surface area contributed by atoms with Crippen LogP contribution in [-0.4, -0.2) is 12.6 Å². The highest BCUT2D eigenvalue weighted by atomic mass is 35.5. The van der Waals surface area contributed by atoms with Crippen molar-refractivity contribution in [1.82, 2.24) is 0 Å².